The Balaban J connectivity index is 1.65. The van der Waals surface area contributed by atoms with E-state index < -0.39 is 0 Å². The lowest BCUT2D eigenvalue weighted by atomic mass is 10.1. The van der Waals surface area contributed by atoms with Crippen LogP contribution in [0.2, 0.25) is 0 Å². The number of hydrogen-bond donors (Lipinski definition) is 2. The second-order valence-corrected chi connectivity index (χ2v) is 6.01. The molecule has 4 heteroatoms. The highest BCUT2D eigenvalue weighted by atomic mass is 19.1. The second-order valence-electron chi connectivity index (χ2n) is 6.01. The highest BCUT2D eigenvalue weighted by Crippen LogP contribution is 2.35. The number of benzene rings is 2. The minimum absolute atomic E-state index is 0.203. The maximum Gasteiger partial charge on any atom is 0.165 e. The van der Waals surface area contributed by atoms with Crippen molar-refractivity contribution in [2.45, 2.75) is 31.8 Å². The van der Waals surface area contributed by atoms with Gasteiger partial charge in [-0.1, -0.05) is 24.3 Å². The van der Waals surface area contributed by atoms with Crippen molar-refractivity contribution >= 4 is 0 Å². The van der Waals surface area contributed by atoms with E-state index in [9.17, 15) is 4.39 Å². The van der Waals surface area contributed by atoms with E-state index in [1.54, 1.807) is 6.07 Å². The van der Waals surface area contributed by atoms with Crippen molar-refractivity contribution in [3.05, 3.63) is 64.5 Å². The Bertz CT molecular complexity index is 670. The van der Waals surface area contributed by atoms with Gasteiger partial charge in [0.2, 0.25) is 0 Å². The molecule has 0 saturated heterocycles. The molecule has 2 aromatic rings. The van der Waals surface area contributed by atoms with Crippen LogP contribution in [0.25, 0.3) is 0 Å². The van der Waals surface area contributed by atoms with Crippen molar-refractivity contribution in [2.24, 2.45) is 5.73 Å². The molecule has 1 unspecified atom stereocenters. The van der Waals surface area contributed by atoms with Crippen LogP contribution in [0.3, 0.4) is 0 Å². The van der Waals surface area contributed by atoms with Gasteiger partial charge in [0.05, 0.1) is 7.11 Å². The van der Waals surface area contributed by atoms with Crippen molar-refractivity contribution < 1.29 is 9.13 Å². The van der Waals surface area contributed by atoms with Crippen molar-refractivity contribution in [1.29, 1.82) is 0 Å². The molecular weight excluding hydrogens is 291 g/mol. The number of halogens is 1. The molecule has 1 aliphatic carbocycles. The second kappa shape index (κ2) is 7.11. The van der Waals surface area contributed by atoms with Crippen molar-refractivity contribution in [3.8, 4) is 5.75 Å². The molecule has 0 aliphatic heterocycles. The molecule has 0 aromatic heterocycles. The summed E-state index contributed by atoms with van der Waals surface area (Å²) >= 11 is 0. The van der Waals surface area contributed by atoms with Gasteiger partial charge < -0.3 is 15.8 Å². The predicted molar refractivity (Wildman–Crippen MR) is 90.1 cm³/mol. The summed E-state index contributed by atoms with van der Waals surface area (Å²) in [5.41, 5.74) is 10.3. The number of rotatable bonds is 6. The molecule has 3 nitrogen and oxygen atoms in total. The monoisotopic (exact) mass is 314 g/mol. The molecule has 0 fully saturated rings. The van der Waals surface area contributed by atoms with E-state index in [4.69, 9.17) is 10.5 Å². The topological polar surface area (TPSA) is 47.3 Å². The summed E-state index contributed by atoms with van der Waals surface area (Å²) < 4.78 is 19.0. The minimum Gasteiger partial charge on any atom is -0.494 e. The number of methoxy groups -OCH3 is 1. The Labute approximate surface area is 136 Å². The Hall–Kier alpha value is -1.91. The van der Waals surface area contributed by atoms with Crippen molar-refractivity contribution in [1.82, 2.24) is 5.32 Å². The third-order valence-corrected chi connectivity index (χ3v) is 4.50. The number of ether oxygens (including phenoxy) is 1. The molecule has 3 rings (SSSR count). The van der Waals surface area contributed by atoms with Crippen LogP contribution in [0.5, 0.6) is 5.75 Å². The fraction of sp³-hybridized carbons (Fsp3) is 0.368. The van der Waals surface area contributed by atoms with Gasteiger partial charge in [0.25, 0.3) is 0 Å². The maximum atomic E-state index is 13.9. The first-order valence-electron chi connectivity index (χ1n) is 8.09. The van der Waals surface area contributed by atoms with E-state index in [-0.39, 0.29) is 11.9 Å². The van der Waals surface area contributed by atoms with Gasteiger partial charge in [0, 0.05) is 12.6 Å². The van der Waals surface area contributed by atoms with E-state index in [1.807, 2.05) is 6.07 Å². The van der Waals surface area contributed by atoms with Crippen LogP contribution in [-0.2, 0) is 19.4 Å². The largest absolute Gasteiger partial charge is 0.494 e. The molecule has 0 bridgehead atoms. The molecule has 0 radical (unpaired) electrons. The molecular formula is C19H23FN2O. The molecule has 122 valence electrons. The fourth-order valence-corrected chi connectivity index (χ4v) is 3.21. The fourth-order valence-electron chi connectivity index (χ4n) is 3.21. The van der Waals surface area contributed by atoms with Crippen LogP contribution in [0.1, 0.15) is 34.7 Å². The third-order valence-electron chi connectivity index (χ3n) is 4.50. The highest BCUT2D eigenvalue weighted by molar-refractivity contribution is 5.41. The van der Waals surface area contributed by atoms with Gasteiger partial charge in [-0.15, -0.1) is 0 Å². The summed E-state index contributed by atoms with van der Waals surface area (Å²) in [7, 11) is 1.50. The van der Waals surface area contributed by atoms with Gasteiger partial charge in [-0.05, 0) is 60.2 Å². The number of nitrogens with one attached hydrogen (secondary N) is 1. The SMILES string of the molecule is COc1cc2c(cc1F)C(NCc1ccc(CCN)cc1)CC2. The number of aryl methyl sites for hydroxylation is 1. The summed E-state index contributed by atoms with van der Waals surface area (Å²) in [5.74, 6) is 0.0472. The predicted octanol–water partition coefficient (Wildman–Crippen LogP) is 3.11. The van der Waals surface area contributed by atoms with Crippen LogP contribution in [0.15, 0.2) is 36.4 Å². The van der Waals surface area contributed by atoms with Crippen LogP contribution < -0.4 is 15.8 Å². The van der Waals surface area contributed by atoms with E-state index in [2.05, 4.69) is 29.6 Å². The molecule has 3 N–H and O–H groups in total. The summed E-state index contributed by atoms with van der Waals surface area (Å²) in [6.45, 7) is 1.45. The molecule has 2 aromatic carbocycles. The van der Waals surface area contributed by atoms with Gasteiger partial charge >= 0.3 is 0 Å². The Kier molecular flexibility index (Phi) is 4.94. The molecule has 0 heterocycles. The number of fused-ring (bicyclic) bond motifs is 1. The zero-order chi connectivity index (χ0) is 16.2. The summed E-state index contributed by atoms with van der Waals surface area (Å²) in [5, 5.41) is 3.54. The minimum atomic E-state index is -0.286. The molecule has 1 atom stereocenters. The van der Waals surface area contributed by atoms with Crippen LogP contribution >= 0.6 is 0 Å². The summed E-state index contributed by atoms with van der Waals surface area (Å²) in [6.07, 6.45) is 2.86. The zero-order valence-corrected chi connectivity index (χ0v) is 13.4. The maximum absolute atomic E-state index is 13.9. The lowest BCUT2D eigenvalue weighted by Gasteiger charge is -2.15. The van der Waals surface area contributed by atoms with E-state index in [0.29, 0.717) is 12.3 Å². The Morgan fingerprint density at radius 1 is 1.22 bits per heavy atom. The van der Waals surface area contributed by atoms with Gasteiger partial charge in [0.15, 0.2) is 11.6 Å². The lowest BCUT2D eigenvalue weighted by molar-refractivity contribution is 0.385. The van der Waals surface area contributed by atoms with Crippen LogP contribution in [0.4, 0.5) is 4.39 Å². The van der Waals surface area contributed by atoms with E-state index in [0.717, 1.165) is 31.4 Å². The lowest BCUT2D eigenvalue weighted by Crippen LogP contribution is -2.18. The zero-order valence-electron chi connectivity index (χ0n) is 13.4. The van der Waals surface area contributed by atoms with Crippen LogP contribution in [-0.4, -0.2) is 13.7 Å². The van der Waals surface area contributed by atoms with Gasteiger partial charge in [-0.25, -0.2) is 4.39 Å². The first-order chi connectivity index (χ1) is 11.2. The summed E-state index contributed by atoms with van der Waals surface area (Å²) in [4.78, 5) is 0. The third kappa shape index (κ3) is 3.54. The van der Waals surface area contributed by atoms with E-state index in [1.165, 1.54) is 23.8 Å². The van der Waals surface area contributed by atoms with Crippen molar-refractivity contribution in [2.75, 3.05) is 13.7 Å². The average Bonchev–Trinajstić information content (AvgIpc) is 2.95. The molecule has 0 saturated carbocycles. The molecule has 0 spiro atoms. The quantitative estimate of drug-likeness (QED) is 0.861. The standard InChI is InChI=1S/C19H23FN2O/c1-23-19-10-15-6-7-18(16(15)11-17(19)20)22-12-14-4-2-13(3-5-14)8-9-21/h2-5,10-11,18,22H,6-9,12,21H2,1H3. The van der Waals surface area contributed by atoms with Crippen molar-refractivity contribution in [3.63, 3.8) is 0 Å². The Morgan fingerprint density at radius 3 is 2.65 bits per heavy atom. The summed E-state index contributed by atoms with van der Waals surface area (Å²) in [6, 6.07) is 12.1. The first kappa shape index (κ1) is 16.0. The van der Waals surface area contributed by atoms with E-state index >= 15 is 0 Å². The molecule has 23 heavy (non-hydrogen) atoms. The Morgan fingerprint density at radius 2 is 1.96 bits per heavy atom. The van der Waals surface area contributed by atoms with Gasteiger partial charge in [0.1, 0.15) is 0 Å². The molecule has 1 aliphatic rings. The van der Waals surface area contributed by atoms with Gasteiger partial charge in [-0.3, -0.25) is 0 Å². The van der Waals surface area contributed by atoms with Crippen LogP contribution in [0, 0.1) is 5.82 Å². The first-order valence-corrected chi connectivity index (χ1v) is 8.09. The smallest absolute Gasteiger partial charge is 0.165 e. The van der Waals surface area contributed by atoms with Gasteiger partial charge in [-0.2, -0.15) is 0 Å². The average molecular weight is 314 g/mol. The number of nitrogens with two attached hydrogens (primary N) is 1. The normalized spacial score (nSPS) is 16.4. The highest BCUT2D eigenvalue weighted by Gasteiger charge is 2.24. The number of hydrogen-bond acceptors (Lipinski definition) is 3. The molecule has 0 amide bonds.